The van der Waals surface area contributed by atoms with Crippen molar-refractivity contribution in [3.63, 3.8) is 0 Å². The van der Waals surface area contributed by atoms with Crippen LogP contribution in [0, 0.1) is 22.7 Å². The van der Waals surface area contributed by atoms with E-state index in [1.54, 1.807) is 12.1 Å². The Kier molecular flexibility index (Phi) is 3.14. The van der Waals surface area contributed by atoms with Gasteiger partial charge in [-0.1, -0.05) is 0 Å². The van der Waals surface area contributed by atoms with Crippen LogP contribution in [0.15, 0.2) is 6.07 Å². The zero-order chi connectivity index (χ0) is 11.4. The van der Waals surface area contributed by atoms with E-state index in [-0.39, 0.29) is 23.5 Å². The second-order valence-electron chi connectivity index (χ2n) is 2.70. The molecule has 1 aromatic rings. The van der Waals surface area contributed by atoms with Crippen LogP contribution in [-0.2, 0) is 6.42 Å². The van der Waals surface area contributed by atoms with E-state index in [1.807, 2.05) is 0 Å². The topological polar surface area (TPSA) is 86.5 Å². The molecule has 0 atom stereocenters. The molecular weight excluding hydrogens is 202 g/mol. The molecule has 0 fully saturated rings. The zero-order valence-electron chi connectivity index (χ0n) is 7.54. The van der Waals surface area contributed by atoms with E-state index in [2.05, 4.69) is 4.98 Å². The number of rotatable bonds is 2. The Balaban J connectivity index is 3.43. The van der Waals surface area contributed by atoms with Gasteiger partial charge in [0.1, 0.15) is 5.82 Å². The lowest BCUT2D eigenvalue weighted by Crippen LogP contribution is -2.04. The van der Waals surface area contributed by atoms with Crippen molar-refractivity contribution in [2.75, 3.05) is 5.73 Å². The summed E-state index contributed by atoms with van der Waals surface area (Å²) in [5.41, 5.74) is 4.44. The molecule has 0 aliphatic heterocycles. The van der Waals surface area contributed by atoms with Gasteiger partial charge >= 0.3 is 0 Å². The van der Waals surface area contributed by atoms with Crippen LogP contribution in [0.25, 0.3) is 0 Å². The quantitative estimate of drug-likeness (QED) is 0.798. The molecule has 15 heavy (non-hydrogen) atoms. The van der Waals surface area contributed by atoms with E-state index in [0.717, 1.165) is 6.07 Å². The predicted octanol–water partition coefficient (Wildman–Crippen LogP) is 1.54. The van der Waals surface area contributed by atoms with Crippen molar-refractivity contribution in [1.29, 1.82) is 10.5 Å². The summed E-state index contributed by atoms with van der Waals surface area (Å²) in [7, 11) is 0. The summed E-state index contributed by atoms with van der Waals surface area (Å²) >= 11 is 0. The van der Waals surface area contributed by atoms with Crippen LogP contribution in [0.2, 0.25) is 0 Å². The first-order valence-electron chi connectivity index (χ1n) is 3.94. The van der Waals surface area contributed by atoms with E-state index < -0.39 is 12.0 Å². The molecule has 1 aromatic heterocycles. The smallest absolute Gasteiger partial charge is 0.266 e. The summed E-state index contributed by atoms with van der Waals surface area (Å²) in [5, 5.41) is 17.1. The highest BCUT2D eigenvalue weighted by Crippen LogP contribution is 2.26. The van der Waals surface area contributed by atoms with Gasteiger partial charge in [0.05, 0.1) is 35.4 Å². The van der Waals surface area contributed by atoms with Crippen molar-refractivity contribution in [3.05, 3.63) is 22.9 Å². The van der Waals surface area contributed by atoms with Crippen LogP contribution in [0.4, 0.5) is 14.6 Å². The largest absolute Gasteiger partial charge is 0.384 e. The van der Waals surface area contributed by atoms with Gasteiger partial charge in [0, 0.05) is 0 Å². The third kappa shape index (κ3) is 2.18. The summed E-state index contributed by atoms with van der Waals surface area (Å²) < 4.78 is 25.2. The number of hydrogen-bond donors (Lipinski definition) is 1. The van der Waals surface area contributed by atoms with Crippen LogP contribution >= 0.6 is 0 Å². The van der Waals surface area contributed by atoms with Gasteiger partial charge in [-0.3, -0.25) is 0 Å². The third-order valence-corrected chi connectivity index (χ3v) is 1.74. The fraction of sp³-hybridized carbons (Fsp3) is 0.222. The molecule has 1 heterocycles. The van der Waals surface area contributed by atoms with Crippen molar-refractivity contribution in [3.8, 4) is 12.1 Å². The number of nitrogens with zero attached hydrogens (tertiary/aromatic N) is 3. The van der Waals surface area contributed by atoms with Gasteiger partial charge in [0.25, 0.3) is 6.43 Å². The molecule has 6 heteroatoms. The van der Waals surface area contributed by atoms with Crippen molar-refractivity contribution in [1.82, 2.24) is 4.98 Å². The van der Waals surface area contributed by atoms with Crippen LogP contribution in [0.3, 0.4) is 0 Å². The Morgan fingerprint density at radius 1 is 1.47 bits per heavy atom. The van der Waals surface area contributed by atoms with Crippen LogP contribution in [0.1, 0.15) is 23.2 Å². The highest BCUT2D eigenvalue weighted by Gasteiger charge is 2.19. The minimum Gasteiger partial charge on any atom is -0.384 e. The van der Waals surface area contributed by atoms with E-state index >= 15 is 0 Å². The number of pyridine rings is 1. The standard InChI is InChI=1S/C9H6F2N4/c10-9(11)8-5(4-13)3-7(14)15-6(8)1-2-12/h3,9H,1H2,(H2,14,15). The van der Waals surface area contributed by atoms with Crippen molar-refractivity contribution >= 4 is 5.82 Å². The number of aromatic nitrogens is 1. The Bertz CT molecular complexity index is 456. The lowest BCUT2D eigenvalue weighted by Gasteiger charge is -2.07. The second kappa shape index (κ2) is 4.34. The highest BCUT2D eigenvalue weighted by molar-refractivity contribution is 5.48. The molecule has 0 radical (unpaired) electrons. The first kappa shape index (κ1) is 10.9. The molecule has 0 aliphatic rings. The fourth-order valence-corrected chi connectivity index (χ4v) is 1.18. The average molecular weight is 208 g/mol. The molecule has 0 saturated carbocycles. The Morgan fingerprint density at radius 2 is 2.13 bits per heavy atom. The average Bonchev–Trinajstić information content (AvgIpc) is 2.16. The molecule has 1 rings (SSSR count). The molecule has 0 bridgehead atoms. The summed E-state index contributed by atoms with van der Waals surface area (Å²) in [6.07, 6.45) is -3.13. The van der Waals surface area contributed by atoms with Crippen molar-refractivity contribution in [2.45, 2.75) is 12.8 Å². The van der Waals surface area contributed by atoms with Gasteiger partial charge in [0.15, 0.2) is 0 Å². The SMILES string of the molecule is N#CCc1nc(N)cc(C#N)c1C(F)F. The Morgan fingerprint density at radius 3 is 2.60 bits per heavy atom. The number of hydrogen-bond acceptors (Lipinski definition) is 4. The molecule has 2 N–H and O–H groups in total. The van der Waals surface area contributed by atoms with Crippen molar-refractivity contribution < 1.29 is 8.78 Å². The first-order valence-corrected chi connectivity index (χ1v) is 3.94. The number of halogens is 2. The third-order valence-electron chi connectivity index (χ3n) is 1.74. The molecule has 0 saturated heterocycles. The van der Waals surface area contributed by atoms with Gasteiger partial charge in [-0.15, -0.1) is 0 Å². The van der Waals surface area contributed by atoms with Gasteiger partial charge in [-0.05, 0) is 6.07 Å². The van der Waals surface area contributed by atoms with Gasteiger partial charge in [0.2, 0.25) is 0 Å². The monoisotopic (exact) mass is 208 g/mol. The second-order valence-corrected chi connectivity index (χ2v) is 2.70. The number of nitrogens with two attached hydrogens (primary N) is 1. The molecule has 0 aromatic carbocycles. The number of nitriles is 2. The summed E-state index contributed by atoms with van der Waals surface area (Å²) in [5.74, 6) is -0.0406. The molecule has 76 valence electrons. The molecular formula is C9H6F2N4. The van der Waals surface area contributed by atoms with Gasteiger partial charge in [-0.25, -0.2) is 13.8 Å². The Hall–Kier alpha value is -2.21. The maximum absolute atomic E-state index is 12.6. The number of alkyl halides is 2. The molecule has 0 spiro atoms. The van der Waals surface area contributed by atoms with E-state index in [1.165, 1.54) is 0 Å². The lowest BCUT2D eigenvalue weighted by molar-refractivity contribution is 0.149. The maximum atomic E-state index is 12.6. The van der Waals surface area contributed by atoms with E-state index in [0.29, 0.717) is 0 Å². The summed E-state index contributed by atoms with van der Waals surface area (Å²) in [4.78, 5) is 3.62. The normalized spacial score (nSPS) is 9.67. The minimum absolute atomic E-state index is 0.0406. The van der Waals surface area contributed by atoms with Crippen molar-refractivity contribution in [2.24, 2.45) is 0 Å². The van der Waals surface area contributed by atoms with Crippen LogP contribution < -0.4 is 5.73 Å². The summed E-state index contributed by atoms with van der Waals surface area (Å²) in [6.45, 7) is 0. The van der Waals surface area contributed by atoms with Gasteiger partial charge in [-0.2, -0.15) is 10.5 Å². The van der Waals surface area contributed by atoms with Crippen LogP contribution in [0.5, 0.6) is 0 Å². The molecule has 4 nitrogen and oxygen atoms in total. The molecule has 0 aliphatic carbocycles. The predicted molar refractivity (Wildman–Crippen MR) is 47.6 cm³/mol. The fourth-order valence-electron chi connectivity index (χ4n) is 1.18. The maximum Gasteiger partial charge on any atom is 0.266 e. The minimum atomic E-state index is -2.84. The first-order chi connectivity index (χ1) is 7.10. The molecule has 0 amide bonds. The summed E-state index contributed by atoms with van der Waals surface area (Å²) in [6, 6.07) is 4.38. The highest BCUT2D eigenvalue weighted by atomic mass is 19.3. The van der Waals surface area contributed by atoms with E-state index in [9.17, 15) is 8.78 Å². The van der Waals surface area contributed by atoms with E-state index in [4.69, 9.17) is 16.3 Å². The van der Waals surface area contributed by atoms with Gasteiger partial charge < -0.3 is 5.73 Å². The number of anilines is 1. The lowest BCUT2D eigenvalue weighted by atomic mass is 10.1. The Labute approximate surface area is 84.6 Å². The van der Waals surface area contributed by atoms with Crippen LogP contribution in [-0.4, -0.2) is 4.98 Å². The zero-order valence-corrected chi connectivity index (χ0v) is 7.54. The molecule has 0 unspecified atom stereocenters. The number of nitrogen functional groups attached to an aromatic ring is 1.